The highest BCUT2D eigenvalue weighted by atomic mass is 79.9. The number of pyridine rings is 1. The van der Waals surface area contributed by atoms with Gasteiger partial charge < -0.3 is 10.6 Å². The third-order valence-electron chi connectivity index (χ3n) is 3.56. The molecule has 0 aliphatic rings. The van der Waals surface area contributed by atoms with Crippen molar-refractivity contribution >= 4 is 27.7 Å². The summed E-state index contributed by atoms with van der Waals surface area (Å²) < 4.78 is 0.805. The van der Waals surface area contributed by atoms with Gasteiger partial charge in [-0.3, -0.25) is 4.79 Å². The van der Waals surface area contributed by atoms with E-state index in [0.717, 1.165) is 23.9 Å². The van der Waals surface area contributed by atoms with Gasteiger partial charge >= 0.3 is 0 Å². The second-order valence-electron chi connectivity index (χ2n) is 4.92. The second kappa shape index (κ2) is 8.25. The SMILES string of the molecule is CCNc1ncc(Br)cc1C(=O)NC(C)C(CC)CC. The third kappa shape index (κ3) is 4.47. The van der Waals surface area contributed by atoms with Crippen molar-refractivity contribution in [2.75, 3.05) is 11.9 Å². The van der Waals surface area contributed by atoms with Crippen LogP contribution in [-0.4, -0.2) is 23.5 Å². The van der Waals surface area contributed by atoms with Crippen molar-refractivity contribution in [2.45, 2.75) is 46.6 Å². The Morgan fingerprint density at radius 1 is 1.35 bits per heavy atom. The van der Waals surface area contributed by atoms with Crippen molar-refractivity contribution in [3.05, 3.63) is 22.3 Å². The number of rotatable bonds is 7. The maximum atomic E-state index is 12.4. The number of nitrogens with one attached hydrogen (secondary N) is 2. The van der Waals surface area contributed by atoms with E-state index in [-0.39, 0.29) is 11.9 Å². The molecule has 0 radical (unpaired) electrons. The molecule has 1 rings (SSSR count). The number of hydrogen-bond acceptors (Lipinski definition) is 3. The van der Waals surface area contributed by atoms with E-state index in [4.69, 9.17) is 0 Å². The fourth-order valence-electron chi connectivity index (χ4n) is 2.32. The van der Waals surface area contributed by atoms with Gasteiger partial charge in [0.25, 0.3) is 5.91 Å². The van der Waals surface area contributed by atoms with E-state index in [2.05, 4.69) is 52.3 Å². The quantitative estimate of drug-likeness (QED) is 0.792. The zero-order valence-electron chi connectivity index (χ0n) is 12.7. The van der Waals surface area contributed by atoms with E-state index >= 15 is 0 Å². The number of nitrogens with zero attached hydrogens (tertiary/aromatic N) is 1. The molecule has 0 fully saturated rings. The number of carbonyl (C=O) groups is 1. The molecule has 0 aliphatic carbocycles. The zero-order chi connectivity index (χ0) is 15.1. The average molecular weight is 342 g/mol. The predicted octanol–water partition coefficient (Wildman–Crippen LogP) is 3.83. The molecule has 112 valence electrons. The van der Waals surface area contributed by atoms with E-state index in [0.29, 0.717) is 17.3 Å². The summed E-state index contributed by atoms with van der Waals surface area (Å²) >= 11 is 3.37. The molecule has 1 aromatic rings. The van der Waals surface area contributed by atoms with Crippen molar-refractivity contribution in [3.63, 3.8) is 0 Å². The monoisotopic (exact) mass is 341 g/mol. The summed E-state index contributed by atoms with van der Waals surface area (Å²) in [5, 5.41) is 6.21. The molecular formula is C15H24BrN3O. The summed E-state index contributed by atoms with van der Waals surface area (Å²) in [5.74, 6) is 1.06. The van der Waals surface area contributed by atoms with E-state index in [1.165, 1.54) is 0 Å². The fourth-order valence-corrected chi connectivity index (χ4v) is 2.65. The number of anilines is 1. The minimum absolute atomic E-state index is 0.0749. The maximum absolute atomic E-state index is 12.4. The minimum atomic E-state index is -0.0749. The molecule has 1 aromatic heterocycles. The van der Waals surface area contributed by atoms with Crippen molar-refractivity contribution in [3.8, 4) is 0 Å². The Kier molecular flexibility index (Phi) is 6.99. The van der Waals surface area contributed by atoms with Crippen LogP contribution in [0.3, 0.4) is 0 Å². The molecule has 1 amide bonds. The first kappa shape index (κ1) is 17.0. The molecule has 0 saturated carbocycles. The Hall–Kier alpha value is -1.10. The van der Waals surface area contributed by atoms with Crippen molar-refractivity contribution < 1.29 is 4.79 Å². The number of hydrogen-bond donors (Lipinski definition) is 2. The van der Waals surface area contributed by atoms with Crippen LogP contribution in [0.4, 0.5) is 5.82 Å². The predicted molar refractivity (Wildman–Crippen MR) is 87.1 cm³/mol. The molecular weight excluding hydrogens is 318 g/mol. The molecule has 0 aliphatic heterocycles. The Morgan fingerprint density at radius 2 is 2.00 bits per heavy atom. The molecule has 1 heterocycles. The van der Waals surface area contributed by atoms with Crippen LogP contribution in [0.2, 0.25) is 0 Å². The van der Waals surface area contributed by atoms with E-state index < -0.39 is 0 Å². The molecule has 5 heteroatoms. The number of carbonyl (C=O) groups excluding carboxylic acids is 1. The van der Waals surface area contributed by atoms with Gasteiger partial charge in [-0.15, -0.1) is 0 Å². The van der Waals surface area contributed by atoms with Gasteiger partial charge in [0.15, 0.2) is 0 Å². The first-order valence-electron chi connectivity index (χ1n) is 7.23. The molecule has 1 unspecified atom stereocenters. The number of halogens is 1. The molecule has 1 atom stereocenters. The van der Waals surface area contributed by atoms with Crippen molar-refractivity contribution in [1.82, 2.24) is 10.3 Å². The fraction of sp³-hybridized carbons (Fsp3) is 0.600. The molecule has 0 saturated heterocycles. The topological polar surface area (TPSA) is 54.0 Å². The summed E-state index contributed by atoms with van der Waals surface area (Å²) in [6, 6.07) is 1.96. The largest absolute Gasteiger partial charge is 0.370 e. The van der Waals surface area contributed by atoms with Crippen LogP contribution in [0.25, 0.3) is 0 Å². The molecule has 20 heavy (non-hydrogen) atoms. The highest BCUT2D eigenvalue weighted by Gasteiger charge is 2.19. The first-order valence-corrected chi connectivity index (χ1v) is 8.02. The maximum Gasteiger partial charge on any atom is 0.255 e. The van der Waals surface area contributed by atoms with Crippen LogP contribution in [0.1, 0.15) is 50.9 Å². The standard InChI is InChI=1S/C15H24BrN3O/c1-5-11(6-2)10(4)19-15(20)13-8-12(16)9-18-14(13)17-7-3/h8-11H,5-7H2,1-4H3,(H,17,18)(H,19,20). The smallest absolute Gasteiger partial charge is 0.255 e. The summed E-state index contributed by atoms with van der Waals surface area (Å²) in [4.78, 5) is 16.7. The van der Waals surface area contributed by atoms with Crippen LogP contribution in [0.5, 0.6) is 0 Å². The van der Waals surface area contributed by atoms with Gasteiger partial charge in [0.1, 0.15) is 5.82 Å². The summed E-state index contributed by atoms with van der Waals surface area (Å²) in [6.07, 6.45) is 3.82. The lowest BCUT2D eigenvalue weighted by Gasteiger charge is -2.23. The van der Waals surface area contributed by atoms with Crippen LogP contribution < -0.4 is 10.6 Å². The summed E-state index contributed by atoms with van der Waals surface area (Å²) in [5.41, 5.74) is 0.582. The average Bonchev–Trinajstić information content (AvgIpc) is 2.42. The molecule has 0 aromatic carbocycles. The molecule has 0 spiro atoms. The Bertz CT molecular complexity index is 447. The van der Waals surface area contributed by atoms with Gasteiger partial charge in [-0.25, -0.2) is 4.98 Å². The summed E-state index contributed by atoms with van der Waals surface area (Å²) in [7, 11) is 0. The van der Waals surface area contributed by atoms with E-state index in [1.807, 2.05) is 6.92 Å². The van der Waals surface area contributed by atoms with Crippen LogP contribution in [0.15, 0.2) is 16.7 Å². The highest BCUT2D eigenvalue weighted by molar-refractivity contribution is 9.10. The van der Waals surface area contributed by atoms with Crippen molar-refractivity contribution in [2.24, 2.45) is 5.92 Å². The van der Waals surface area contributed by atoms with E-state index in [1.54, 1.807) is 12.3 Å². The first-order chi connectivity index (χ1) is 9.53. The summed E-state index contributed by atoms with van der Waals surface area (Å²) in [6.45, 7) is 9.09. The van der Waals surface area contributed by atoms with E-state index in [9.17, 15) is 4.79 Å². The minimum Gasteiger partial charge on any atom is -0.370 e. The lowest BCUT2D eigenvalue weighted by atomic mass is 9.95. The van der Waals surface area contributed by atoms with Crippen molar-refractivity contribution in [1.29, 1.82) is 0 Å². The van der Waals surface area contributed by atoms with Gasteiger partial charge in [-0.05, 0) is 41.8 Å². The van der Waals surface area contributed by atoms with Gasteiger partial charge in [0.05, 0.1) is 5.56 Å². The Balaban J connectivity index is 2.88. The van der Waals surface area contributed by atoms with Crippen LogP contribution in [-0.2, 0) is 0 Å². The lowest BCUT2D eigenvalue weighted by Crippen LogP contribution is -2.38. The van der Waals surface area contributed by atoms with Crippen LogP contribution >= 0.6 is 15.9 Å². The molecule has 0 bridgehead atoms. The zero-order valence-corrected chi connectivity index (χ0v) is 14.3. The van der Waals surface area contributed by atoms with Gasteiger partial charge in [-0.1, -0.05) is 26.7 Å². The van der Waals surface area contributed by atoms with Gasteiger partial charge in [0, 0.05) is 23.3 Å². The molecule has 2 N–H and O–H groups in total. The molecule has 4 nitrogen and oxygen atoms in total. The van der Waals surface area contributed by atoms with Gasteiger partial charge in [0.2, 0.25) is 0 Å². The Labute approximate surface area is 129 Å². The third-order valence-corrected chi connectivity index (χ3v) is 3.99. The lowest BCUT2D eigenvalue weighted by molar-refractivity contribution is 0.0925. The normalized spacial score (nSPS) is 12.3. The highest BCUT2D eigenvalue weighted by Crippen LogP contribution is 2.19. The van der Waals surface area contributed by atoms with Crippen LogP contribution in [0, 0.1) is 5.92 Å². The second-order valence-corrected chi connectivity index (χ2v) is 5.83. The Morgan fingerprint density at radius 3 is 2.55 bits per heavy atom. The number of amides is 1. The number of aromatic nitrogens is 1. The van der Waals surface area contributed by atoms with Gasteiger partial charge in [-0.2, -0.15) is 0 Å².